The summed E-state index contributed by atoms with van der Waals surface area (Å²) in [7, 11) is 0. The van der Waals surface area contributed by atoms with Gasteiger partial charge >= 0.3 is 5.97 Å². The first-order valence-corrected chi connectivity index (χ1v) is 10.2. The van der Waals surface area contributed by atoms with Crippen LogP contribution in [0.1, 0.15) is 51.3 Å². The maximum Gasteiger partial charge on any atom is 0.316 e. The van der Waals surface area contributed by atoms with Gasteiger partial charge in [-0.1, -0.05) is 45.0 Å². The average Bonchev–Trinajstić information content (AvgIpc) is 2.57. The second-order valence-corrected chi connectivity index (χ2v) is 9.53. The van der Waals surface area contributed by atoms with Crippen LogP contribution < -0.4 is 14.8 Å². The molecule has 0 radical (unpaired) electrons. The van der Waals surface area contributed by atoms with Gasteiger partial charge in [0.05, 0.1) is 5.92 Å². The van der Waals surface area contributed by atoms with Gasteiger partial charge < -0.3 is 14.8 Å². The molecule has 2 aromatic carbocycles. The summed E-state index contributed by atoms with van der Waals surface area (Å²) < 4.78 is 11.9. The van der Waals surface area contributed by atoms with Crippen molar-refractivity contribution in [2.75, 3.05) is 13.1 Å². The van der Waals surface area contributed by atoms with Crippen molar-refractivity contribution in [1.29, 1.82) is 0 Å². The van der Waals surface area contributed by atoms with E-state index in [1.54, 1.807) is 0 Å². The molecule has 1 N–H and O–H groups in total. The van der Waals surface area contributed by atoms with Crippen LogP contribution >= 0.6 is 0 Å². The summed E-state index contributed by atoms with van der Waals surface area (Å²) in [5.41, 5.74) is 4.04. The molecule has 0 aromatic heterocycles. The van der Waals surface area contributed by atoms with E-state index in [4.69, 9.17) is 9.47 Å². The lowest BCUT2D eigenvalue weighted by molar-refractivity contribution is -0.140. The highest BCUT2D eigenvalue weighted by molar-refractivity contribution is 5.86. The third-order valence-corrected chi connectivity index (χ3v) is 5.48. The fourth-order valence-electron chi connectivity index (χ4n) is 3.65. The van der Waals surface area contributed by atoms with Gasteiger partial charge in [0.2, 0.25) is 0 Å². The Balaban J connectivity index is 1.70. The molecule has 0 saturated carbocycles. The first-order valence-electron chi connectivity index (χ1n) is 10.2. The fraction of sp³-hybridized carbons (Fsp3) is 0.400. The van der Waals surface area contributed by atoms with Gasteiger partial charge in [-0.3, -0.25) is 4.79 Å². The summed E-state index contributed by atoms with van der Waals surface area (Å²) in [6.45, 7) is 12.1. The molecule has 2 aliphatic heterocycles. The van der Waals surface area contributed by atoms with Crippen LogP contribution in [0.4, 0.5) is 0 Å². The minimum atomic E-state index is -0.427. The van der Waals surface area contributed by atoms with Gasteiger partial charge in [0.1, 0.15) is 17.1 Å². The van der Waals surface area contributed by atoms with Gasteiger partial charge in [-0.15, -0.1) is 0 Å². The molecule has 2 aromatic rings. The molecular weight excluding hydrogens is 362 g/mol. The number of nitrogens with one attached hydrogen (secondary N) is 1. The van der Waals surface area contributed by atoms with Crippen molar-refractivity contribution < 1.29 is 14.3 Å². The normalized spacial score (nSPS) is 18.2. The minimum absolute atomic E-state index is 0.0450. The van der Waals surface area contributed by atoms with Crippen molar-refractivity contribution >= 4 is 11.5 Å². The number of esters is 1. The quantitative estimate of drug-likeness (QED) is 0.608. The van der Waals surface area contributed by atoms with Crippen LogP contribution in [-0.4, -0.2) is 24.7 Å². The van der Waals surface area contributed by atoms with Crippen molar-refractivity contribution in [3.05, 3.63) is 65.2 Å². The molecule has 0 amide bonds. The predicted molar refractivity (Wildman–Crippen MR) is 115 cm³/mol. The monoisotopic (exact) mass is 391 g/mol. The Labute approximate surface area is 172 Å². The third kappa shape index (κ3) is 4.08. The van der Waals surface area contributed by atoms with E-state index in [0.717, 1.165) is 22.4 Å². The number of carbonyl (C=O) groups is 1. The third-order valence-electron chi connectivity index (χ3n) is 5.48. The molecule has 0 atom stereocenters. The van der Waals surface area contributed by atoms with Crippen molar-refractivity contribution in [3.8, 4) is 11.5 Å². The molecule has 29 heavy (non-hydrogen) atoms. The number of hydrogen-bond acceptors (Lipinski definition) is 4. The van der Waals surface area contributed by atoms with E-state index >= 15 is 0 Å². The summed E-state index contributed by atoms with van der Waals surface area (Å²) in [5, 5.41) is 3.10. The Morgan fingerprint density at radius 2 is 1.90 bits per heavy atom. The van der Waals surface area contributed by atoms with Gasteiger partial charge in [-0.05, 0) is 60.2 Å². The Morgan fingerprint density at radius 3 is 2.55 bits per heavy atom. The Bertz CT molecular complexity index is 978. The zero-order valence-electron chi connectivity index (χ0n) is 17.8. The maximum absolute atomic E-state index is 12.2. The van der Waals surface area contributed by atoms with Crippen LogP contribution in [0.2, 0.25) is 0 Å². The number of hydrogen-bond donors (Lipinski definition) is 1. The van der Waals surface area contributed by atoms with Crippen molar-refractivity contribution in [2.45, 2.75) is 45.6 Å². The standard InChI is InChI=1S/C25H29NO3/c1-24(2,3)18-9-10-20-21(13-25(4,5)29-22(20)12-18)16-7-6-8-19(11-16)28-23(27)17-14-26-15-17/h6-13,17,26H,14-15H2,1-5H3. The van der Waals surface area contributed by atoms with Crippen LogP contribution in [0.3, 0.4) is 0 Å². The SMILES string of the molecule is CC1(C)C=C(c2cccc(OC(=O)C3CNC3)c2)c2ccc(C(C)(C)C)cc2O1. The van der Waals surface area contributed by atoms with Crippen LogP contribution in [0.5, 0.6) is 11.5 Å². The first-order chi connectivity index (χ1) is 13.6. The molecular formula is C25H29NO3. The van der Waals surface area contributed by atoms with Gasteiger partial charge in [0.25, 0.3) is 0 Å². The smallest absolute Gasteiger partial charge is 0.316 e. The number of ether oxygens (including phenoxy) is 2. The number of carbonyl (C=O) groups excluding carboxylic acids is 1. The predicted octanol–water partition coefficient (Wildman–Crippen LogP) is 4.71. The van der Waals surface area contributed by atoms with E-state index in [9.17, 15) is 4.79 Å². The molecule has 1 saturated heterocycles. The molecule has 0 spiro atoms. The van der Waals surface area contributed by atoms with Gasteiger partial charge in [-0.2, -0.15) is 0 Å². The molecule has 0 aliphatic carbocycles. The van der Waals surface area contributed by atoms with Crippen LogP contribution in [0, 0.1) is 5.92 Å². The molecule has 4 heteroatoms. The van der Waals surface area contributed by atoms with E-state index in [-0.39, 0.29) is 17.3 Å². The van der Waals surface area contributed by atoms with Crippen molar-refractivity contribution in [3.63, 3.8) is 0 Å². The zero-order valence-corrected chi connectivity index (χ0v) is 17.8. The van der Waals surface area contributed by atoms with E-state index in [1.165, 1.54) is 5.56 Å². The van der Waals surface area contributed by atoms with Crippen molar-refractivity contribution in [1.82, 2.24) is 5.32 Å². The van der Waals surface area contributed by atoms with Crippen LogP contribution in [0.15, 0.2) is 48.5 Å². The van der Waals surface area contributed by atoms with Gasteiger partial charge in [-0.25, -0.2) is 0 Å². The summed E-state index contributed by atoms with van der Waals surface area (Å²) in [4.78, 5) is 12.2. The summed E-state index contributed by atoms with van der Waals surface area (Å²) in [5.74, 6) is 1.26. The Kier molecular flexibility index (Phi) is 4.78. The van der Waals surface area contributed by atoms with Crippen molar-refractivity contribution in [2.24, 2.45) is 5.92 Å². The summed E-state index contributed by atoms with van der Waals surface area (Å²) in [6, 6.07) is 14.2. The number of fused-ring (bicyclic) bond motifs is 1. The van der Waals surface area contributed by atoms with Gasteiger partial charge in [0.15, 0.2) is 0 Å². The topological polar surface area (TPSA) is 47.6 Å². The molecule has 2 heterocycles. The fourth-order valence-corrected chi connectivity index (χ4v) is 3.65. The van der Waals surface area contributed by atoms with E-state index in [0.29, 0.717) is 18.8 Å². The molecule has 4 rings (SSSR count). The molecule has 2 aliphatic rings. The highest BCUT2D eigenvalue weighted by Gasteiger charge is 2.30. The Morgan fingerprint density at radius 1 is 1.14 bits per heavy atom. The second kappa shape index (κ2) is 7.03. The number of benzene rings is 2. The molecule has 0 unspecified atom stereocenters. The van der Waals surface area contributed by atoms with E-state index in [1.807, 2.05) is 18.2 Å². The maximum atomic E-state index is 12.2. The molecule has 152 valence electrons. The van der Waals surface area contributed by atoms with Crippen LogP contribution in [0.25, 0.3) is 5.57 Å². The van der Waals surface area contributed by atoms with Gasteiger partial charge in [0, 0.05) is 18.7 Å². The first kappa shape index (κ1) is 19.7. The Hall–Kier alpha value is -2.59. The lowest BCUT2D eigenvalue weighted by Crippen LogP contribution is -2.48. The number of rotatable bonds is 3. The highest BCUT2D eigenvalue weighted by Crippen LogP contribution is 2.42. The summed E-state index contributed by atoms with van der Waals surface area (Å²) in [6.07, 6.45) is 2.14. The lowest BCUT2D eigenvalue weighted by atomic mass is 9.83. The summed E-state index contributed by atoms with van der Waals surface area (Å²) >= 11 is 0. The van der Waals surface area contributed by atoms with E-state index < -0.39 is 5.60 Å². The van der Waals surface area contributed by atoms with Crippen LogP contribution in [-0.2, 0) is 10.2 Å². The largest absolute Gasteiger partial charge is 0.483 e. The molecule has 1 fully saturated rings. The molecule has 4 nitrogen and oxygen atoms in total. The average molecular weight is 392 g/mol. The zero-order chi connectivity index (χ0) is 20.8. The highest BCUT2D eigenvalue weighted by atomic mass is 16.5. The molecule has 0 bridgehead atoms. The lowest BCUT2D eigenvalue weighted by Gasteiger charge is -2.33. The minimum Gasteiger partial charge on any atom is -0.483 e. The second-order valence-electron chi connectivity index (χ2n) is 9.53. The van der Waals surface area contributed by atoms with E-state index in [2.05, 4.69) is 70.3 Å².